The molecule has 0 aromatic carbocycles. The SMILES string of the molecule is NC(=O)c1cc(C2O[C@H](CO)[C@@H](O)[C@H]2O)sn1. The second-order valence-electron chi connectivity index (χ2n) is 3.74. The van der Waals surface area contributed by atoms with Gasteiger partial charge in [-0.1, -0.05) is 0 Å². The van der Waals surface area contributed by atoms with Crippen LogP contribution < -0.4 is 5.73 Å². The molecule has 1 unspecified atom stereocenters. The summed E-state index contributed by atoms with van der Waals surface area (Å²) in [4.78, 5) is 11.4. The van der Waals surface area contributed by atoms with E-state index in [-0.39, 0.29) is 5.69 Å². The third kappa shape index (κ3) is 2.17. The van der Waals surface area contributed by atoms with Gasteiger partial charge in [-0.2, -0.15) is 4.37 Å². The van der Waals surface area contributed by atoms with Crippen molar-refractivity contribution in [2.24, 2.45) is 5.73 Å². The maximum Gasteiger partial charge on any atom is 0.268 e. The van der Waals surface area contributed by atoms with Crippen LogP contribution in [0.3, 0.4) is 0 Å². The van der Waals surface area contributed by atoms with Gasteiger partial charge in [-0.3, -0.25) is 4.79 Å². The van der Waals surface area contributed by atoms with Crippen LogP contribution >= 0.6 is 11.5 Å². The van der Waals surface area contributed by atoms with Crippen LogP contribution in [0.15, 0.2) is 6.07 Å². The van der Waals surface area contributed by atoms with Crippen molar-refractivity contribution >= 4 is 17.4 Å². The van der Waals surface area contributed by atoms with E-state index in [9.17, 15) is 15.0 Å². The number of aromatic nitrogens is 1. The largest absolute Gasteiger partial charge is 0.394 e. The molecule has 8 heteroatoms. The minimum absolute atomic E-state index is 0.0859. The van der Waals surface area contributed by atoms with Crippen LogP contribution in [0, 0.1) is 0 Å². The number of hydrogen-bond donors (Lipinski definition) is 4. The van der Waals surface area contributed by atoms with Gasteiger partial charge in [-0.25, -0.2) is 0 Å². The van der Waals surface area contributed by atoms with E-state index in [4.69, 9.17) is 15.6 Å². The predicted molar refractivity (Wildman–Crippen MR) is 57.3 cm³/mol. The second kappa shape index (κ2) is 4.67. The van der Waals surface area contributed by atoms with Crippen molar-refractivity contribution < 1.29 is 24.9 Å². The molecule has 4 atom stereocenters. The highest BCUT2D eigenvalue weighted by atomic mass is 32.1. The lowest BCUT2D eigenvalue weighted by Crippen LogP contribution is -2.32. The number of nitrogens with zero attached hydrogens (tertiary/aromatic N) is 1. The van der Waals surface area contributed by atoms with Crippen LogP contribution in [0.25, 0.3) is 0 Å². The standard InChI is InChI=1S/C9H12N2O5S/c10-9(15)3-1-5(17-11-3)8-7(14)6(13)4(2-12)16-8/h1,4,6-8,12-14H,2H2,(H2,10,15)/t4-,6-,7-,8?/m1/s1. The molecule has 1 aliphatic heterocycles. The highest BCUT2D eigenvalue weighted by molar-refractivity contribution is 7.06. The van der Waals surface area contributed by atoms with Crippen molar-refractivity contribution in [3.05, 3.63) is 16.6 Å². The van der Waals surface area contributed by atoms with Crippen LogP contribution in [-0.2, 0) is 4.74 Å². The van der Waals surface area contributed by atoms with E-state index < -0.39 is 36.9 Å². The van der Waals surface area contributed by atoms with Crippen molar-refractivity contribution in [2.45, 2.75) is 24.4 Å². The zero-order valence-corrected chi connectivity index (χ0v) is 9.50. The Balaban J connectivity index is 2.19. The molecule has 5 N–H and O–H groups in total. The van der Waals surface area contributed by atoms with Crippen LogP contribution in [0.1, 0.15) is 21.5 Å². The van der Waals surface area contributed by atoms with Crippen molar-refractivity contribution in [2.75, 3.05) is 6.61 Å². The fourth-order valence-corrected chi connectivity index (χ4v) is 2.48. The van der Waals surface area contributed by atoms with Gasteiger partial charge in [0.05, 0.1) is 11.5 Å². The van der Waals surface area contributed by atoms with Gasteiger partial charge >= 0.3 is 0 Å². The average Bonchev–Trinajstić information content (AvgIpc) is 2.87. The Morgan fingerprint density at radius 3 is 2.71 bits per heavy atom. The zero-order valence-electron chi connectivity index (χ0n) is 8.68. The number of rotatable bonds is 3. The first-order valence-corrected chi connectivity index (χ1v) is 5.70. The van der Waals surface area contributed by atoms with Crippen molar-refractivity contribution in [1.29, 1.82) is 0 Å². The first kappa shape index (κ1) is 12.4. The van der Waals surface area contributed by atoms with Gasteiger partial charge in [-0.15, -0.1) is 0 Å². The monoisotopic (exact) mass is 260 g/mol. The number of amides is 1. The molecule has 0 spiro atoms. The lowest BCUT2D eigenvalue weighted by Gasteiger charge is -2.11. The van der Waals surface area contributed by atoms with E-state index in [0.717, 1.165) is 11.5 Å². The molecule has 1 saturated heterocycles. The van der Waals surface area contributed by atoms with E-state index >= 15 is 0 Å². The molecule has 94 valence electrons. The summed E-state index contributed by atoms with van der Waals surface area (Å²) in [7, 11) is 0. The number of aliphatic hydroxyl groups is 3. The molecular formula is C9H12N2O5S. The molecule has 1 aromatic rings. The van der Waals surface area contributed by atoms with Gasteiger partial charge < -0.3 is 25.8 Å². The lowest BCUT2D eigenvalue weighted by atomic mass is 10.1. The number of hydrogen-bond acceptors (Lipinski definition) is 7. The molecule has 1 aliphatic rings. The molecule has 17 heavy (non-hydrogen) atoms. The Morgan fingerprint density at radius 1 is 1.53 bits per heavy atom. The number of primary amides is 1. The summed E-state index contributed by atoms with van der Waals surface area (Å²) in [5.74, 6) is -0.667. The molecule has 2 rings (SSSR count). The summed E-state index contributed by atoms with van der Waals surface area (Å²) in [6.07, 6.45) is -3.96. The fraction of sp³-hybridized carbons (Fsp3) is 0.556. The zero-order chi connectivity index (χ0) is 12.6. The van der Waals surface area contributed by atoms with E-state index in [1.807, 2.05) is 0 Å². The summed E-state index contributed by atoms with van der Waals surface area (Å²) >= 11 is 0.965. The fourth-order valence-electron chi connectivity index (χ4n) is 1.67. The van der Waals surface area contributed by atoms with E-state index in [1.165, 1.54) is 6.07 Å². The molecular weight excluding hydrogens is 248 g/mol. The molecule has 2 heterocycles. The number of carbonyl (C=O) groups excluding carboxylic acids is 1. The van der Waals surface area contributed by atoms with E-state index in [1.54, 1.807) is 0 Å². The third-order valence-electron chi connectivity index (χ3n) is 2.60. The third-order valence-corrected chi connectivity index (χ3v) is 3.45. The number of ether oxygens (including phenoxy) is 1. The molecule has 1 amide bonds. The number of nitrogens with two attached hydrogens (primary N) is 1. The average molecular weight is 260 g/mol. The van der Waals surface area contributed by atoms with Gasteiger partial charge in [0.2, 0.25) is 0 Å². The summed E-state index contributed by atoms with van der Waals surface area (Å²) < 4.78 is 9.09. The second-order valence-corrected chi connectivity index (χ2v) is 4.57. The maximum absolute atomic E-state index is 10.9. The quantitative estimate of drug-likeness (QED) is 0.518. The smallest absolute Gasteiger partial charge is 0.268 e. The Bertz CT molecular complexity index is 423. The highest BCUT2D eigenvalue weighted by Gasteiger charge is 2.43. The Morgan fingerprint density at radius 2 is 2.24 bits per heavy atom. The Kier molecular flexibility index (Phi) is 3.40. The normalized spacial score (nSPS) is 32.9. The molecule has 1 fully saturated rings. The number of aliphatic hydroxyl groups excluding tert-OH is 3. The lowest BCUT2D eigenvalue weighted by molar-refractivity contribution is -0.0218. The van der Waals surface area contributed by atoms with Crippen LogP contribution in [0.4, 0.5) is 0 Å². The first-order chi connectivity index (χ1) is 8.04. The molecule has 0 radical (unpaired) electrons. The molecule has 1 aromatic heterocycles. The maximum atomic E-state index is 10.9. The minimum Gasteiger partial charge on any atom is -0.394 e. The van der Waals surface area contributed by atoms with Crippen molar-refractivity contribution in [3.63, 3.8) is 0 Å². The van der Waals surface area contributed by atoms with E-state index in [2.05, 4.69) is 4.37 Å². The molecule has 0 aliphatic carbocycles. The van der Waals surface area contributed by atoms with Crippen LogP contribution in [0.5, 0.6) is 0 Å². The van der Waals surface area contributed by atoms with Gasteiger partial charge in [0.25, 0.3) is 5.91 Å². The van der Waals surface area contributed by atoms with Gasteiger partial charge in [0.1, 0.15) is 30.1 Å². The number of carbonyl (C=O) groups is 1. The van der Waals surface area contributed by atoms with Gasteiger partial charge in [0, 0.05) is 0 Å². The molecule has 7 nitrogen and oxygen atoms in total. The summed E-state index contributed by atoms with van der Waals surface area (Å²) in [5.41, 5.74) is 5.14. The topological polar surface area (TPSA) is 126 Å². The first-order valence-electron chi connectivity index (χ1n) is 4.93. The van der Waals surface area contributed by atoms with Crippen LogP contribution in [-0.4, -0.2) is 50.5 Å². The van der Waals surface area contributed by atoms with Crippen LogP contribution in [0.2, 0.25) is 0 Å². The Hall–Kier alpha value is -1.06. The van der Waals surface area contributed by atoms with Crippen molar-refractivity contribution in [1.82, 2.24) is 4.37 Å². The summed E-state index contributed by atoms with van der Waals surface area (Å²) in [6, 6.07) is 1.41. The minimum atomic E-state index is -1.16. The van der Waals surface area contributed by atoms with E-state index in [0.29, 0.717) is 4.88 Å². The highest BCUT2D eigenvalue weighted by Crippen LogP contribution is 2.35. The predicted octanol–water partition coefficient (Wildman–Crippen LogP) is -1.60. The van der Waals surface area contributed by atoms with Gasteiger partial charge in [0.15, 0.2) is 0 Å². The van der Waals surface area contributed by atoms with Gasteiger partial charge in [-0.05, 0) is 17.6 Å². The molecule has 0 saturated carbocycles. The molecule has 0 bridgehead atoms. The summed E-state index contributed by atoms with van der Waals surface area (Å²) in [5, 5.41) is 28.2. The summed E-state index contributed by atoms with van der Waals surface area (Å²) in [6.45, 7) is -0.393. The van der Waals surface area contributed by atoms with Crippen molar-refractivity contribution in [3.8, 4) is 0 Å². The Labute approximate surface area is 101 Å².